The molecule has 1 aromatic carbocycles. The number of amides is 1. The van der Waals surface area contributed by atoms with Crippen LogP contribution in [-0.4, -0.2) is 17.7 Å². The zero-order chi connectivity index (χ0) is 16.8. The Morgan fingerprint density at radius 2 is 2.04 bits per heavy atom. The number of aryl methyl sites for hydroxylation is 2. The standard InChI is InChI=1S/C17H22N4O2/c1-4-23-17(22)20-14-7-8-15(21-16(14)18)19-10-13-9-11(2)5-6-12(13)3/h5-9H,4,10H2,1-3H3,(H,20,22)(H3,18,19,21). The Balaban J connectivity index is 2.03. The zero-order valence-electron chi connectivity index (χ0n) is 13.6. The summed E-state index contributed by atoms with van der Waals surface area (Å²) >= 11 is 0. The van der Waals surface area contributed by atoms with Gasteiger partial charge < -0.3 is 15.8 Å². The van der Waals surface area contributed by atoms with Crippen molar-refractivity contribution in [2.45, 2.75) is 27.3 Å². The molecule has 2 rings (SSSR count). The molecule has 0 fully saturated rings. The predicted molar refractivity (Wildman–Crippen MR) is 92.5 cm³/mol. The van der Waals surface area contributed by atoms with Gasteiger partial charge in [-0.1, -0.05) is 23.8 Å². The number of hydrogen-bond donors (Lipinski definition) is 3. The fourth-order valence-corrected chi connectivity index (χ4v) is 2.13. The number of hydrogen-bond acceptors (Lipinski definition) is 5. The van der Waals surface area contributed by atoms with Gasteiger partial charge in [-0.05, 0) is 44.0 Å². The number of aromatic nitrogens is 1. The molecule has 0 bridgehead atoms. The number of rotatable bonds is 5. The highest BCUT2D eigenvalue weighted by Gasteiger charge is 2.07. The van der Waals surface area contributed by atoms with E-state index in [-0.39, 0.29) is 5.82 Å². The van der Waals surface area contributed by atoms with Gasteiger partial charge in [-0.2, -0.15) is 0 Å². The van der Waals surface area contributed by atoms with Crippen molar-refractivity contribution in [1.29, 1.82) is 0 Å². The first kappa shape index (κ1) is 16.6. The van der Waals surface area contributed by atoms with Crippen molar-refractivity contribution < 1.29 is 9.53 Å². The van der Waals surface area contributed by atoms with Crippen LogP contribution in [0.2, 0.25) is 0 Å². The number of benzene rings is 1. The molecular formula is C17H22N4O2. The van der Waals surface area contributed by atoms with Gasteiger partial charge in [0.1, 0.15) is 11.6 Å². The van der Waals surface area contributed by atoms with Crippen LogP contribution in [0.15, 0.2) is 30.3 Å². The lowest BCUT2D eigenvalue weighted by molar-refractivity contribution is 0.168. The number of nitrogens with zero attached hydrogens (tertiary/aromatic N) is 1. The Kier molecular flexibility index (Phi) is 5.41. The van der Waals surface area contributed by atoms with Crippen LogP contribution in [0.3, 0.4) is 0 Å². The van der Waals surface area contributed by atoms with E-state index in [1.807, 2.05) is 0 Å². The van der Waals surface area contributed by atoms with Crippen LogP contribution in [0.4, 0.5) is 22.1 Å². The van der Waals surface area contributed by atoms with E-state index in [1.165, 1.54) is 16.7 Å². The molecule has 4 N–H and O–H groups in total. The normalized spacial score (nSPS) is 10.2. The number of nitrogen functional groups attached to an aromatic ring is 1. The second-order valence-corrected chi connectivity index (χ2v) is 5.26. The number of pyridine rings is 1. The molecule has 122 valence electrons. The zero-order valence-corrected chi connectivity index (χ0v) is 13.6. The average molecular weight is 314 g/mol. The van der Waals surface area contributed by atoms with Gasteiger partial charge in [0, 0.05) is 6.54 Å². The summed E-state index contributed by atoms with van der Waals surface area (Å²) in [6.07, 6.45) is -0.544. The minimum atomic E-state index is -0.544. The summed E-state index contributed by atoms with van der Waals surface area (Å²) in [5.41, 5.74) is 9.94. The number of anilines is 3. The van der Waals surface area contributed by atoms with E-state index in [0.29, 0.717) is 24.7 Å². The summed E-state index contributed by atoms with van der Waals surface area (Å²) in [6, 6.07) is 9.79. The lowest BCUT2D eigenvalue weighted by atomic mass is 10.1. The highest BCUT2D eigenvalue weighted by Crippen LogP contribution is 2.20. The number of nitrogens with one attached hydrogen (secondary N) is 2. The predicted octanol–water partition coefficient (Wildman–Crippen LogP) is 3.46. The Morgan fingerprint density at radius 3 is 2.74 bits per heavy atom. The molecule has 0 saturated heterocycles. The van der Waals surface area contributed by atoms with Gasteiger partial charge in [0.15, 0.2) is 0 Å². The van der Waals surface area contributed by atoms with E-state index in [9.17, 15) is 4.79 Å². The van der Waals surface area contributed by atoms with Crippen LogP contribution in [-0.2, 0) is 11.3 Å². The number of ether oxygens (including phenoxy) is 1. The molecule has 1 heterocycles. The Hall–Kier alpha value is -2.76. The van der Waals surface area contributed by atoms with E-state index < -0.39 is 6.09 Å². The Bertz CT molecular complexity index is 701. The average Bonchev–Trinajstić information content (AvgIpc) is 2.51. The highest BCUT2D eigenvalue weighted by atomic mass is 16.5. The van der Waals surface area contributed by atoms with Gasteiger partial charge in [-0.25, -0.2) is 9.78 Å². The molecule has 1 amide bonds. The molecular weight excluding hydrogens is 292 g/mol. The van der Waals surface area contributed by atoms with E-state index in [2.05, 4.69) is 47.7 Å². The van der Waals surface area contributed by atoms with Gasteiger partial charge in [0.25, 0.3) is 0 Å². The summed E-state index contributed by atoms with van der Waals surface area (Å²) in [5, 5.41) is 5.79. The lowest BCUT2D eigenvalue weighted by Gasteiger charge is -2.12. The van der Waals surface area contributed by atoms with Crippen LogP contribution in [0, 0.1) is 13.8 Å². The van der Waals surface area contributed by atoms with E-state index in [1.54, 1.807) is 19.1 Å². The molecule has 6 nitrogen and oxygen atoms in total. The van der Waals surface area contributed by atoms with Crippen molar-refractivity contribution in [2.24, 2.45) is 0 Å². The molecule has 2 aromatic rings. The third kappa shape index (κ3) is 4.60. The molecule has 1 aromatic heterocycles. The van der Waals surface area contributed by atoms with Gasteiger partial charge in [-0.15, -0.1) is 0 Å². The number of carbonyl (C=O) groups is 1. The smallest absolute Gasteiger partial charge is 0.411 e. The van der Waals surface area contributed by atoms with Crippen molar-refractivity contribution >= 4 is 23.4 Å². The van der Waals surface area contributed by atoms with Crippen LogP contribution >= 0.6 is 0 Å². The molecule has 0 aliphatic heterocycles. The quantitative estimate of drug-likeness (QED) is 0.786. The second-order valence-electron chi connectivity index (χ2n) is 5.26. The SMILES string of the molecule is CCOC(=O)Nc1ccc(NCc2cc(C)ccc2C)nc1N. The van der Waals surface area contributed by atoms with Crippen LogP contribution in [0.5, 0.6) is 0 Å². The van der Waals surface area contributed by atoms with Crippen molar-refractivity contribution in [3.8, 4) is 0 Å². The molecule has 0 atom stereocenters. The molecule has 0 aliphatic carbocycles. The van der Waals surface area contributed by atoms with Crippen molar-refractivity contribution in [2.75, 3.05) is 23.0 Å². The first-order valence-electron chi connectivity index (χ1n) is 7.50. The Labute approximate surface area is 136 Å². The molecule has 0 aliphatic rings. The summed E-state index contributed by atoms with van der Waals surface area (Å²) in [4.78, 5) is 15.6. The monoisotopic (exact) mass is 314 g/mol. The largest absolute Gasteiger partial charge is 0.450 e. The number of nitrogens with two attached hydrogens (primary N) is 1. The second kappa shape index (κ2) is 7.49. The molecule has 0 unspecified atom stereocenters. The lowest BCUT2D eigenvalue weighted by Crippen LogP contribution is -2.15. The summed E-state index contributed by atoms with van der Waals surface area (Å²) < 4.78 is 4.81. The topological polar surface area (TPSA) is 89.3 Å². The van der Waals surface area contributed by atoms with Gasteiger partial charge >= 0.3 is 6.09 Å². The molecule has 0 spiro atoms. The fraction of sp³-hybridized carbons (Fsp3) is 0.294. The highest BCUT2D eigenvalue weighted by molar-refractivity contribution is 5.88. The third-order valence-corrected chi connectivity index (χ3v) is 3.40. The van der Waals surface area contributed by atoms with E-state index in [0.717, 1.165) is 0 Å². The molecule has 6 heteroatoms. The maximum Gasteiger partial charge on any atom is 0.411 e. The minimum Gasteiger partial charge on any atom is -0.450 e. The van der Waals surface area contributed by atoms with Crippen LogP contribution < -0.4 is 16.4 Å². The van der Waals surface area contributed by atoms with Gasteiger partial charge in [-0.3, -0.25) is 5.32 Å². The summed E-state index contributed by atoms with van der Waals surface area (Å²) in [6.45, 7) is 6.83. The summed E-state index contributed by atoms with van der Waals surface area (Å²) in [7, 11) is 0. The van der Waals surface area contributed by atoms with Crippen LogP contribution in [0.1, 0.15) is 23.6 Å². The van der Waals surface area contributed by atoms with E-state index in [4.69, 9.17) is 10.5 Å². The van der Waals surface area contributed by atoms with Crippen molar-refractivity contribution in [1.82, 2.24) is 4.98 Å². The molecule has 0 radical (unpaired) electrons. The third-order valence-electron chi connectivity index (χ3n) is 3.40. The maximum absolute atomic E-state index is 11.4. The van der Waals surface area contributed by atoms with Gasteiger partial charge in [0.05, 0.1) is 12.3 Å². The van der Waals surface area contributed by atoms with Crippen LogP contribution in [0.25, 0.3) is 0 Å². The van der Waals surface area contributed by atoms with Crippen molar-refractivity contribution in [3.05, 3.63) is 47.0 Å². The van der Waals surface area contributed by atoms with E-state index >= 15 is 0 Å². The first-order valence-corrected chi connectivity index (χ1v) is 7.50. The molecule has 0 saturated carbocycles. The minimum absolute atomic E-state index is 0.240. The Morgan fingerprint density at radius 1 is 1.26 bits per heavy atom. The number of carbonyl (C=O) groups excluding carboxylic acids is 1. The maximum atomic E-state index is 11.4. The first-order chi connectivity index (χ1) is 11.0. The summed E-state index contributed by atoms with van der Waals surface area (Å²) in [5.74, 6) is 0.891. The van der Waals surface area contributed by atoms with Crippen molar-refractivity contribution in [3.63, 3.8) is 0 Å². The fourth-order valence-electron chi connectivity index (χ4n) is 2.13. The molecule has 23 heavy (non-hydrogen) atoms. The van der Waals surface area contributed by atoms with Gasteiger partial charge in [0.2, 0.25) is 0 Å².